The molecule has 0 amide bonds. The highest BCUT2D eigenvalue weighted by Gasteiger charge is 2.26. The summed E-state index contributed by atoms with van der Waals surface area (Å²) in [6.07, 6.45) is -4.13. The molecule has 130 valence electrons. The quantitative estimate of drug-likeness (QED) is 0.504. The molecule has 2 heterocycles. The van der Waals surface area contributed by atoms with Gasteiger partial charge < -0.3 is 15.1 Å². The Morgan fingerprint density at radius 3 is 2.57 bits per heavy atom. The van der Waals surface area contributed by atoms with Gasteiger partial charge in [-0.25, -0.2) is 0 Å². The van der Waals surface area contributed by atoms with Crippen LogP contribution in [0.5, 0.6) is 0 Å². The van der Waals surface area contributed by atoms with Gasteiger partial charge in [0.05, 0.1) is 5.00 Å². The SMILES string of the molecule is CN=C(NCCCCC(F)(F)F)N1CCN(c2cccs2)CC1. The van der Waals surface area contributed by atoms with E-state index in [0.717, 1.165) is 32.1 Å². The number of rotatable bonds is 5. The minimum atomic E-state index is -4.06. The smallest absolute Gasteiger partial charge is 0.360 e. The number of nitrogens with zero attached hydrogens (tertiary/aromatic N) is 3. The first-order valence-electron chi connectivity index (χ1n) is 7.80. The fourth-order valence-corrected chi connectivity index (χ4v) is 3.36. The number of halogens is 3. The van der Waals surface area contributed by atoms with Crippen molar-refractivity contribution in [2.75, 3.05) is 44.7 Å². The lowest BCUT2D eigenvalue weighted by Gasteiger charge is -2.37. The molecular formula is C15H23F3N4S. The Morgan fingerprint density at radius 2 is 2.00 bits per heavy atom. The van der Waals surface area contributed by atoms with Gasteiger partial charge in [0.15, 0.2) is 5.96 Å². The topological polar surface area (TPSA) is 30.9 Å². The Balaban J connectivity index is 1.69. The van der Waals surface area contributed by atoms with Gasteiger partial charge in [-0.05, 0) is 30.4 Å². The van der Waals surface area contributed by atoms with Crippen LogP contribution in [0.15, 0.2) is 22.5 Å². The average Bonchev–Trinajstić information content (AvgIpc) is 3.04. The molecule has 4 nitrogen and oxygen atoms in total. The van der Waals surface area contributed by atoms with Crippen molar-refractivity contribution in [1.29, 1.82) is 0 Å². The van der Waals surface area contributed by atoms with Crippen molar-refractivity contribution < 1.29 is 13.2 Å². The van der Waals surface area contributed by atoms with Gasteiger partial charge in [0.25, 0.3) is 0 Å². The summed E-state index contributed by atoms with van der Waals surface area (Å²) in [5.41, 5.74) is 0. The number of thiophene rings is 1. The third-order valence-electron chi connectivity index (χ3n) is 3.78. The van der Waals surface area contributed by atoms with Crippen LogP contribution >= 0.6 is 11.3 Å². The molecule has 0 saturated carbocycles. The Labute approximate surface area is 139 Å². The highest BCUT2D eigenvalue weighted by molar-refractivity contribution is 7.14. The van der Waals surface area contributed by atoms with E-state index in [-0.39, 0.29) is 6.42 Å². The molecule has 0 spiro atoms. The fraction of sp³-hybridized carbons (Fsp3) is 0.667. The molecule has 1 saturated heterocycles. The van der Waals surface area contributed by atoms with E-state index in [1.807, 2.05) is 6.07 Å². The van der Waals surface area contributed by atoms with E-state index >= 15 is 0 Å². The summed E-state index contributed by atoms with van der Waals surface area (Å²) in [5, 5.41) is 6.52. The summed E-state index contributed by atoms with van der Waals surface area (Å²) >= 11 is 1.74. The summed E-state index contributed by atoms with van der Waals surface area (Å²) in [5.74, 6) is 0.780. The zero-order chi connectivity index (χ0) is 16.7. The number of alkyl halides is 3. The molecule has 1 N–H and O–H groups in total. The highest BCUT2D eigenvalue weighted by atomic mass is 32.1. The molecule has 1 aromatic rings. The number of hydrogen-bond acceptors (Lipinski definition) is 3. The molecule has 0 atom stereocenters. The maximum atomic E-state index is 12.1. The molecule has 0 unspecified atom stereocenters. The number of nitrogens with one attached hydrogen (secondary N) is 1. The second-order valence-corrected chi connectivity index (χ2v) is 6.40. The van der Waals surface area contributed by atoms with Crippen LogP contribution in [-0.4, -0.2) is 56.8 Å². The van der Waals surface area contributed by atoms with Gasteiger partial charge in [-0.2, -0.15) is 13.2 Å². The van der Waals surface area contributed by atoms with Crippen LogP contribution in [0.25, 0.3) is 0 Å². The lowest BCUT2D eigenvalue weighted by Crippen LogP contribution is -2.52. The van der Waals surface area contributed by atoms with Crippen LogP contribution in [0, 0.1) is 0 Å². The van der Waals surface area contributed by atoms with Crippen LogP contribution in [0.4, 0.5) is 18.2 Å². The molecule has 0 aliphatic carbocycles. The molecule has 2 rings (SSSR count). The van der Waals surface area contributed by atoms with Gasteiger partial charge in [-0.1, -0.05) is 0 Å². The first-order valence-corrected chi connectivity index (χ1v) is 8.68. The van der Waals surface area contributed by atoms with Crippen LogP contribution in [0.2, 0.25) is 0 Å². The number of guanidine groups is 1. The third kappa shape index (κ3) is 5.93. The molecule has 0 radical (unpaired) electrons. The van der Waals surface area contributed by atoms with E-state index in [1.165, 1.54) is 5.00 Å². The largest absolute Gasteiger partial charge is 0.389 e. The number of piperazine rings is 1. The first kappa shape index (κ1) is 17.9. The van der Waals surface area contributed by atoms with Crippen LogP contribution in [-0.2, 0) is 0 Å². The van der Waals surface area contributed by atoms with Gasteiger partial charge in [-0.3, -0.25) is 4.99 Å². The van der Waals surface area contributed by atoms with E-state index in [2.05, 4.69) is 31.6 Å². The minimum absolute atomic E-state index is 0.152. The number of hydrogen-bond donors (Lipinski definition) is 1. The molecule has 8 heteroatoms. The molecule has 1 aliphatic heterocycles. The Hall–Kier alpha value is -1.44. The summed E-state index contributed by atoms with van der Waals surface area (Å²) in [4.78, 5) is 8.74. The van der Waals surface area contributed by atoms with E-state index in [9.17, 15) is 13.2 Å². The molecule has 0 bridgehead atoms. The van der Waals surface area contributed by atoms with Crippen LogP contribution in [0.1, 0.15) is 19.3 Å². The summed E-state index contributed by atoms with van der Waals surface area (Å²) < 4.78 is 36.3. The summed E-state index contributed by atoms with van der Waals surface area (Å²) in [7, 11) is 1.71. The van der Waals surface area contributed by atoms with Crippen molar-refractivity contribution in [3.05, 3.63) is 17.5 Å². The third-order valence-corrected chi connectivity index (χ3v) is 4.71. The zero-order valence-corrected chi connectivity index (χ0v) is 14.1. The minimum Gasteiger partial charge on any atom is -0.360 e. The Kier molecular flexibility index (Phi) is 6.56. The molecule has 23 heavy (non-hydrogen) atoms. The van der Waals surface area contributed by atoms with Crippen molar-refractivity contribution >= 4 is 22.3 Å². The summed E-state index contributed by atoms with van der Waals surface area (Å²) in [6, 6.07) is 4.17. The molecule has 1 aromatic heterocycles. The maximum absolute atomic E-state index is 12.1. The number of anilines is 1. The van der Waals surface area contributed by atoms with E-state index in [1.54, 1.807) is 18.4 Å². The Morgan fingerprint density at radius 1 is 1.26 bits per heavy atom. The number of aliphatic imine (C=N–C) groups is 1. The van der Waals surface area contributed by atoms with Crippen molar-refractivity contribution in [2.24, 2.45) is 4.99 Å². The standard InChI is InChI=1S/C15H23F3N4S/c1-19-14(20-7-3-2-6-15(16,17)18)22-10-8-21(9-11-22)13-5-4-12-23-13/h4-5,12H,2-3,6-11H2,1H3,(H,19,20). The molecule has 0 aromatic carbocycles. The summed E-state index contributed by atoms with van der Waals surface area (Å²) in [6.45, 7) is 4.10. The van der Waals surface area contributed by atoms with Gasteiger partial charge in [-0.15, -0.1) is 11.3 Å². The van der Waals surface area contributed by atoms with Gasteiger partial charge in [0.1, 0.15) is 0 Å². The second-order valence-electron chi connectivity index (χ2n) is 5.47. The second kappa shape index (κ2) is 8.42. The lowest BCUT2D eigenvalue weighted by molar-refractivity contribution is -0.135. The monoisotopic (exact) mass is 348 g/mol. The maximum Gasteiger partial charge on any atom is 0.389 e. The van der Waals surface area contributed by atoms with Crippen LogP contribution in [0.3, 0.4) is 0 Å². The van der Waals surface area contributed by atoms with E-state index < -0.39 is 12.6 Å². The van der Waals surface area contributed by atoms with E-state index in [0.29, 0.717) is 13.0 Å². The van der Waals surface area contributed by atoms with Crippen molar-refractivity contribution in [3.8, 4) is 0 Å². The predicted molar refractivity (Wildman–Crippen MR) is 89.4 cm³/mol. The van der Waals surface area contributed by atoms with E-state index in [4.69, 9.17) is 0 Å². The normalized spacial score (nSPS) is 16.8. The average molecular weight is 348 g/mol. The lowest BCUT2D eigenvalue weighted by atomic mass is 10.2. The zero-order valence-electron chi connectivity index (χ0n) is 13.3. The molecule has 1 fully saturated rings. The van der Waals surface area contributed by atoms with Gasteiger partial charge in [0.2, 0.25) is 0 Å². The molecular weight excluding hydrogens is 325 g/mol. The van der Waals surface area contributed by atoms with Crippen molar-refractivity contribution in [1.82, 2.24) is 10.2 Å². The van der Waals surface area contributed by atoms with Crippen molar-refractivity contribution in [2.45, 2.75) is 25.4 Å². The number of unbranched alkanes of at least 4 members (excludes halogenated alkanes) is 1. The van der Waals surface area contributed by atoms with Crippen molar-refractivity contribution in [3.63, 3.8) is 0 Å². The van der Waals surface area contributed by atoms with Gasteiger partial charge in [0, 0.05) is 46.2 Å². The Bertz CT molecular complexity index is 479. The fourth-order valence-electron chi connectivity index (χ4n) is 2.57. The first-order chi connectivity index (χ1) is 11.0. The molecule has 1 aliphatic rings. The van der Waals surface area contributed by atoms with Crippen LogP contribution < -0.4 is 10.2 Å². The predicted octanol–water partition coefficient (Wildman–Crippen LogP) is 3.18. The highest BCUT2D eigenvalue weighted by Crippen LogP contribution is 2.23. The van der Waals surface area contributed by atoms with Gasteiger partial charge >= 0.3 is 6.18 Å².